The molecule has 0 bridgehead atoms. The van der Waals surface area contributed by atoms with Crippen molar-refractivity contribution in [3.63, 3.8) is 0 Å². The van der Waals surface area contributed by atoms with Gasteiger partial charge in [-0.3, -0.25) is 9.48 Å². The van der Waals surface area contributed by atoms with E-state index < -0.39 is 0 Å². The first-order chi connectivity index (χ1) is 15.3. The smallest absolute Gasteiger partial charge is 0.254 e. The molecule has 0 spiro atoms. The second-order valence-electron chi connectivity index (χ2n) is 8.04. The quantitative estimate of drug-likeness (QED) is 0.615. The van der Waals surface area contributed by atoms with E-state index in [1.807, 2.05) is 32.2 Å². The normalized spacial score (nSPS) is 18.6. The molecule has 3 rings (SSSR count). The monoisotopic (exact) mass is 456 g/mol. The maximum Gasteiger partial charge on any atom is 0.254 e. The Morgan fingerprint density at radius 1 is 1.41 bits per heavy atom. The van der Waals surface area contributed by atoms with Crippen molar-refractivity contribution in [2.24, 2.45) is 12.8 Å². The molecule has 1 atom stereocenters. The first-order valence-electron chi connectivity index (χ1n) is 10.8. The van der Waals surface area contributed by atoms with Crippen LogP contribution in [0.25, 0.3) is 5.57 Å². The average Bonchev–Trinajstić information content (AvgIpc) is 3.27. The van der Waals surface area contributed by atoms with Crippen LogP contribution in [0.5, 0.6) is 0 Å². The molecule has 1 aromatic heterocycles. The van der Waals surface area contributed by atoms with Gasteiger partial charge in [-0.25, -0.2) is 4.39 Å². The van der Waals surface area contributed by atoms with E-state index in [1.54, 1.807) is 21.8 Å². The van der Waals surface area contributed by atoms with Gasteiger partial charge in [-0.15, -0.1) is 0 Å². The third-order valence-electron chi connectivity index (χ3n) is 6.00. The second kappa shape index (κ2) is 10.3. The van der Waals surface area contributed by atoms with Gasteiger partial charge < -0.3 is 10.6 Å². The lowest BCUT2D eigenvalue weighted by molar-refractivity contribution is -0.126. The van der Waals surface area contributed by atoms with Gasteiger partial charge in [0.25, 0.3) is 5.91 Å². The highest BCUT2D eigenvalue weighted by Gasteiger charge is 2.34. The number of allylic oxidation sites excluding steroid dienone is 4. The lowest BCUT2D eigenvalue weighted by atomic mass is 9.98. The number of nitrogens with two attached hydrogens (primary N) is 1. The lowest BCUT2D eigenvalue weighted by Gasteiger charge is -2.26. The zero-order valence-corrected chi connectivity index (χ0v) is 19.8. The van der Waals surface area contributed by atoms with Crippen LogP contribution in [0.2, 0.25) is 5.02 Å². The Bertz CT molecular complexity index is 1080. The molecular formula is C25H30ClFN4O. The predicted molar refractivity (Wildman–Crippen MR) is 128 cm³/mol. The molecule has 170 valence electrons. The number of benzene rings is 1. The molecule has 0 saturated carbocycles. The molecule has 2 N–H and O–H groups in total. The van der Waals surface area contributed by atoms with Crippen molar-refractivity contribution in [3.8, 4) is 0 Å². The molecule has 7 heteroatoms. The first kappa shape index (κ1) is 24.0. The van der Waals surface area contributed by atoms with Crippen molar-refractivity contribution >= 4 is 23.1 Å². The van der Waals surface area contributed by atoms with Crippen molar-refractivity contribution in [1.29, 1.82) is 0 Å². The third-order valence-corrected chi connectivity index (χ3v) is 6.27. The highest BCUT2D eigenvalue weighted by Crippen LogP contribution is 2.33. The summed E-state index contributed by atoms with van der Waals surface area (Å²) in [6.07, 6.45) is 6.85. The summed E-state index contributed by atoms with van der Waals surface area (Å²) in [6, 6.07) is 6.20. The van der Waals surface area contributed by atoms with Gasteiger partial charge in [0, 0.05) is 37.3 Å². The molecule has 1 aliphatic rings. The van der Waals surface area contributed by atoms with Crippen molar-refractivity contribution in [1.82, 2.24) is 14.7 Å². The van der Waals surface area contributed by atoms with E-state index in [0.29, 0.717) is 23.6 Å². The van der Waals surface area contributed by atoms with Crippen molar-refractivity contribution in [2.75, 3.05) is 13.1 Å². The number of likely N-dealkylation sites (tertiary alicyclic amines) is 1. The number of nitrogens with zero attached hydrogens (tertiary/aromatic N) is 3. The molecule has 5 nitrogen and oxygen atoms in total. The molecular weight excluding hydrogens is 427 g/mol. The summed E-state index contributed by atoms with van der Waals surface area (Å²) in [5, 5.41) is 4.85. The maximum absolute atomic E-state index is 13.7. The minimum atomic E-state index is -0.293. The summed E-state index contributed by atoms with van der Waals surface area (Å²) >= 11 is 6.44. The summed E-state index contributed by atoms with van der Waals surface area (Å²) in [4.78, 5) is 15.1. The highest BCUT2D eigenvalue weighted by atomic mass is 35.5. The Morgan fingerprint density at radius 2 is 2.16 bits per heavy atom. The van der Waals surface area contributed by atoms with Crippen LogP contribution in [0.3, 0.4) is 0 Å². The number of rotatable bonds is 7. The second-order valence-corrected chi connectivity index (χ2v) is 8.45. The van der Waals surface area contributed by atoms with Crippen LogP contribution in [0.15, 0.2) is 59.3 Å². The van der Waals surface area contributed by atoms with E-state index >= 15 is 0 Å². The Hall–Kier alpha value is -2.70. The van der Waals surface area contributed by atoms with E-state index in [9.17, 15) is 9.18 Å². The number of carbonyl (C=O) groups is 1. The number of aromatic nitrogens is 2. The molecule has 1 aromatic carbocycles. The largest absolute Gasteiger partial charge is 0.330 e. The Morgan fingerprint density at radius 3 is 2.72 bits per heavy atom. The highest BCUT2D eigenvalue weighted by molar-refractivity contribution is 6.32. The molecule has 0 aliphatic carbocycles. The van der Waals surface area contributed by atoms with Crippen LogP contribution >= 0.6 is 11.6 Å². The van der Waals surface area contributed by atoms with Crippen molar-refractivity contribution < 1.29 is 9.18 Å². The van der Waals surface area contributed by atoms with Crippen LogP contribution in [0.1, 0.15) is 38.4 Å². The minimum absolute atomic E-state index is 0.0600. The fourth-order valence-corrected chi connectivity index (χ4v) is 4.36. The number of carbonyl (C=O) groups excluding carboxylic acids is 1. The van der Waals surface area contributed by atoms with E-state index in [2.05, 4.69) is 18.9 Å². The molecule has 1 saturated heterocycles. The summed E-state index contributed by atoms with van der Waals surface area (Å²) in [5.74, 6) is -0.353. The van der Waals surface area contributed by atoms with Gasteiger partial charge in [-0.05, 0) is 56.0 Å². The van der Waals surface area contributed by atoms with Crippen LogP contribution in [0, 0.1) is 5.82 Å². The molecule has 1 amide bonds. The zero-order valence-electron chi connectivity index (χ0n) is 19.0. The fourth-order valence-electron chi connectivity index (χ4n) is 4.09. The summed E-state index contributed by atoms with van der Waals surface area (Å²) < 4.78 is 15.4. The maximum atomic E-state index is 13.7. The van der Waals surface area contributed by atoms with Gasteiger partial charge in [0.1, 0.15) is 5.82 Å². The molecule has 1 unspecified atom stereocenters. The predicted octanol–water partition coefficient (Wildman–Crippen LogP) is 4.68. The average molecular weight is 457 g/mol. The van der Waals surface area contributed by atoms with Crippen LogP contribution in [-0.4, -0.2) is 39.7 Å². The SMILES string of the molecule is CC=C1C(=O)N(C(CN)Cc2cccc(F)c2)CC1=CC(=C(C)CC)c1c(Cl)cnn1C. The Kier molecular flexibility index (Phi) is 7.69. The van der Waals surface area contributed by atoms with Crippen LogP contribution in [-0.2, 0) is 18.3 Å². The van der Waals surface area contributed by atoms with Crippen LogP contribution in [0.4, 0.5) is 4.39 Å². The fraction of sp³-hybridized carbons (Fsp3) is 0.360. The zero-order chi connectivity index (χ0) is 23.4. The van der Waals surface area contributed by atoms with Gasteiger partial charge in [-0.2, -0.15) is 5.10 Å². The van der Waals surface area contributed by atoms with Gasteiger partial charge in [0.05, 0.1) is 16.9 Å². The number of amides is 1. The minimum Gasteiger partial charge on any atom is -0.330 e. The van der Waals surface area contributed by atoms with E-state index in [0.717, 1.165) is 34.4 Å². The number of hydrogen-bond donors (Lipinski definition) is 1. The number of hydrogen-bond acceptors (Lipinski definition) is 3. The van der Waals surface area contributed by atoms with Crippen LogP contribution < -0.4 is 5.73 Å². The number of halogens is 2. The molecule has 32 heavy (non-hydrogen) atoms. The summed E-state index contributed by atoms with van der Waals surface area (Å²) in [7, 11) is 1.86. The van der Waals surface area contributed by atoms with E-state index in [-0.39, 0.29) is 24.3 Å². The van der Waals surface area contributed by atoms with Crippen molar-refractivity contribution in [3.05, 3.63) is 81.4 Å². The summed E-state index contributed by atoms with van der Waals surface area (Å²) in [5.41, 5.74) is 11.4. The van der Waals surface area contributed by atoms with Gasteiger partial charge >= 0.3 is 0 Å². The van der Waals surface area contributed by atoms with E-state index in [4.69, 9.17) is 17.3 Å². The van der Waals surface area contributed by atoms with Gasteiger partial charge in [0.2, 0.25) is 0 Å². The van der Waals surface area contributed by atoms with Gasteiger partial charge in [-0.1, -0.05) is 42.3 Å². The van der Waals surface area contributed by atoms with E-state index in [1.165, 1.54) is 12.1 Å². The van der Waals surface area contributed by atoms with Gasteiger partial charge in [0.15, 0.2) is 0 Å². The summed E-state index contributed by atoms with van der Waals surface area (Å²) in [6.45, 7) is 6.74. The van der Waals surface area contributed by atoms with Crippen molar-refractivity contribution in [2.45, 2.75) is 39.7 Å². The lowest BCUT2D eigenvalue weighted by Crippen LogP contribution is -2.43. The first-order valence-corrected chi connectivity index (χ1v) is 11.2. The molecule has 2 heterocycles. The Balaban J connectivity index is 1.98. The molecule has 1 fully saturated rings. The third kappa shape index (κ3) is 4.87. The topological polar surface area (TPSA) is 64.2 Å². The molecule has 1 aliphatic heterocycles. The number of aryl methyl sites for hydroxylation is 1. The standard InChI is InChI=1S/C25H30ClFN4O/c1-5-16(3)22(24-23(26)14-29-30(24)4)12-18-15-31(25(32)21(18)6-2)20(13-28)11-17-8-7-9-19(27)10-17/h6-10,12,14,20H,5,11,13,15,28H2,1-4H3. The molecule has 2 aromatic rings. The molecule has 0 radical (unpaired) electrons. The Labute approximate surface area is 194 Å².